The monoisotopic (exact) mass is 338 g/mol. The zero-order valence-electron chi connectivity index (χ0n) is 11.0. The second-order valence-corrected chi connectivity index (χ2v) is 5.75. The van der Waals surface area contributed by atoms with Crippen molar-refractivity contribution in [3.8, 4) is 0 Å². The molecule has 1 saturated heterocycles. The summed E-state index contributed by atoms with van der Waals surface area (Å²) in [5.74, 6) is 4.30. The molecule has 1 aliphatic heterocycles. The quantitative estimate of drug-likeness (QED) is 0.142. The van der Waals surface area contributed by atoms with Crippen LogP contribution < -0.4 is 11.3 Å². The number of ether oxygens (including phenoxy) is 1. The molecule has 1 fully saturated rings. The summed E-state index contributed by atoms with van der Waals surface area (Å²) in [6.07, 6.45) is -2.71. The first-order chi connectivity index (χ1) is 10.2. The molecular weight excluding hydrogens is 323 g/mol. The number of amides is 1. The molecule has 0 bridgehead atoms. The van der Waals surface area contributed by atoms with Crippen LogP contribution >= 0.6 is 7.82 Å². The number of hydrazine groups is 1. The van der Waals surface area contributed by atoms with Crippen molar-refractivity contribution in [2.24, 2.45) is 5.84 Å². The van der Waals surface area contributed by atoms with E-state index in [2.05, 4.69) is 9.51 Å². The molecule has 13 heteroatoms. The minimum absolute atomic E-state index is 0.0392. The molecule has 2 heterocycles. The third kappa shape index (κ3) is 3.69. The van der Waals surface area contributed by atoms with Crippen molar-refractivity contribution >= 4 is 13.7 Å². The summed E-state index contributed by atoms with van der Waals surface area (Å²) < 4.78 is 21.4. The predicted molar refractivity (Wildman–Crippen MR) is 67.8 cm³/mol. The first-order valence-corrected chi connectivity index (χ1v) is 7.52. The van der Waals surface area contributed by atoms with Crippen LogP contribution in [0.25, 0.3) is 0 Å². The van der Waals surface area contributed by atoms with Crippen LogP contribution in [0.15, 0.2) is 12.5 Å². The maximum atomic E-state index is 11.3. The number of carbonyl (C=O) groups excluding carboxylic acids is 1. The van der Waals surface area contributed by atoms with Crippen molar-refractivity contribution < 1.29 is 38.6 Å². The Bertz CT molecular complexity index is 588. The number of aromatic nitrogens is 2. The molecule has 1 unspecified atom stereocenters. The molecular formula is C9H15N4O8P. The van der Waals surface area contributed by atoms with Gasteiger partial charge in [0.05, 0.1) is 12.9 Å². The van der Waals surface area contributed by atoms with Gasteiger partial charge in [-0.3, -0.25) is 14.7 Å². The van der Waals surface area contributed by atoms with E-state index in [0.717, 1.165) is 0 Å². The van der Waals surface area contributed by atoms with Gasteiger partial charge in [-0.2, -0.15) is 0 Å². The van der Waals surface area contributed by atoms with Gasteiger partial charge in [-0.25, -0.2) is 15.4 Å². The van der Waals surface area contributed by atoms with Crippen LogP contribution in [-0.2, 0) is 13.8 Å². The fourth-order valence-electron chi connectivity index (χ4n) is 1.95. The number of nitrogens with zero attached hydrogens (tertiary/aromatic N) is 2. The van der Waals surface area contributed by atoms with Gasteiger partial charge in [0, 0.05) is 6.20 Å². The maximum absolute atomic E-state index is 11.3. The topological polar surface area (TPSA) is 189 Å². The third-order valence-electron chi connectivity index (χ3n) is 3.00. The van der Waals surface area contributed by atoms with Crippen molar-refractivity contribution in [3.63, 3.8) is 0 Å². The summed E-state index contributed by atoms with van der Waals surface area (Å²) in [5.41, 5.74) is 1.84. The highest BCUT2D eigenvalue weighted by molar-refractivity contribution is 7.46. The van der Waals surface area contributed by atoms with Gasteiger partial charge >= 0.3 is 7.82 Å². The van der Waals surface area contributed by atoms with Crippen LogP contribution in [0.3, 0.4) is 0 Å². The molecule has 0 aromatic carbocycles. The number of rotatable bonds is 5. The van der Waals surface area contributed by atoms with E-state index in [1.165, 1.54) is 17.1 Å². The lowest BCUT2D eigenvalue weighted by molar-refractivity contribution is -0.0521. The van der Waals surface area contributed by atoms with E-state index in [1.807, 2.05) is 5.43 Å². The Morgan fingerprint density at radius 2 is 2.18 bits per heavy atom. The van der Waals surface area contributed by atoms with Crippen LogP contribution in [-0.4, -0.2) is 60.4 Å². The molecule has 1 aromatic heterocycles. The third-order valence-corrected chi connectivity index (χ3v) is 3.49. The van der Waals surface area contributed by atoms with Crippen LogP contribution in [0.2, 0.25) is 0 Å². The van der Waals surface area contributed by atoms with Crippen molar-refractivity contribution in [2.75, 3.05) is 6.61 Å². The Hall–Kier alpha value is -1.37. The average Bonchev–Trinajstić information content (AvgIpc) is 3.02. The van der Waals surface area contributed by atoms with Crippen molar-refractivity contribution in [3.05, 3.63) is 18.2 Å². The average molecular weight is 338 g/mol. The molecule has 0 aliphatic carbocycles. The largest absolute Gasteiger partial charge is 0.469 e. The maximum Gasteiger partial charge on any atom is 0.469 e. The summed E-state index contributed by atoms with van der Waals surface area (Å²) in [4.78, 5) is 32.3. The number of hydrogen-bond donors (Lipinski definition) is 6. The number of nitrogen functional groups attached to an aromatic ring is 1. The predicted octanol–water partition coefficient (Wildman–Crippen LogP) is -2.78. The molecule has 1 aromatic rings. The zero-order chi connectivity index (χ0) is 16.5. The fourth-order valence-corrected chi connectivity index (χ4v) is 2.29. The smallest absolute Gasteiger partial charge is 0.387 e. The Labute approximate surface area is 123 Å². The lowest BCUT2D eigenvalue weighted by atomic mass is 10.1. The van der Waals surface area contributed by atoms with Gasteiger partial charge in [0.15, 0.2) is 6.23 Å². The van der Waals surface area contributed by atoms with Crippen LogP contribution in [0, 0.1) is 0 Å². The molecule has 0 saturated carbocycles. The van der Waals surface area contributed by atoms with Crippen LogP contribution in [0.5, 0.6) is 0 Å². The number of imidazole rings is 1. The summed E-state index contributed by atoms with van der Waals surface area (Å²) >= 11 is 0. The highest BCUT2D eigenvalue weighted by Crippen LogP contribution is 2.38. The summed E-state index contributed by atoms with van der Waals surface area (Å²) in [5, 5.41) is 19.7. The van der Waals surface area contributed by atoms with E-state index in [-0.39, 0.29) is 5.69 Å². The van der Waals surface area contributed by atoms with E-state index in [1.54, 1.807) is 0 Å². The van der Waals surface area contributed by atoms with Gasteiger partial charge in [0.25, 0.3) is 5.91 Å². The van der Waals surface area contributed by atoms with Crippen molar-refractivity contribution in [1.82, 2.24) is 15.0 Å². The second kappa shape index (κ2) is 6.40. The van der Waals surface area contributed by atoms with Crippen molar-refractivity contribution in [2.45, 2.75) is 24.5 Å². The minimum atomic E-state index is -4.73. The first kappa shape index (κ1) is 17.0. The molecule has 12 nitrogen and oxygen atoms in total. The molecule has 22 heavy (non-hydrogen) atoms. The number of carbonyl (C=O) groups is 1. The molecule has 0 radical (unpaired) electrons. The molecule has 0 spiro atoms. The van der Waals surface area contributed by atoms with Gasteiger partial charge in [-0.1, -0.05) is 0 Å². The van der Waals surface area contributed by atoms with Crippen molar-refractivity contribution in [1.29, 1.82) is 0 Å². The molecule has 4 atom stereocenters. The number of aliphatic hydroxyl groups is 2. The SMILES string of the molecule is NNC(=O)c1cn(C2O[C@H](COP(=O)(O)O)[C@@H](O)[C@H]2O)cn1. The fraction of sp³-hybridized carbons (Fsp3) is 0.556. The molecule has 7 N–H and O–H groups in total. The summed E-state index contributed by atoms with van der Waals surface area (Å²) in [7, 11) is -4.73. The van der Waals surface area contributed by atoms with Gasteiger partial charge < -0.3 is 29.3 Å². The van der Waals surface area contributed by atoms with E-state index in [0.29, 0.717) is 0 Å². The number of aliphatic hydroxyl groups excluding tert-OH is 2. The van der Waals surface area contributed by atoms with E-state index in [9.17, 15) is 19.6 Å². The molecule has 1 amide bonds. The second-order valence-electron chi connectivity index (χ2n) is 4.51. The molecule has 1 aliphatic rings. The number of phosphoric ester groups is 1. The van der Waals surface area contributed by atoms with Gasteiger partial charge in [0.2, 0.25) is 0 Å². The Kier molecular flexibility index (Phi) is 4.94. The minimum Gasteiger partial charge on any atom is -0.387 e. The molecule has 124 valence electrons. The zero-order valence-corrected chi connectivity index (χ0v) is 11.9. The van der Waals surface area contributed by atoms with Crippen LogP contribution in [0.1, 0.15) is 16.7 Å². The van der Waals surface area contributed by atoms with Crippen LogP contribution in [0.4, 0.5) is 0 Å². The number of phosphoric acid groups is 1. The highest BCUT2D eigenvalue weighted by atomic mass is 31.2. The Balaban J connectivity index is 2.08. The molecule has 2 rings (SSSR count). The van der Waals surface area contributed by atoms with Gasteiger partial charge in [-0.15, -0.1) is 0 Å². The number of nitrogens with one attached hydrogen (secondary N) is 1. The standard InChI is InChI=1S/C9H15N4O8P/c10-12-8(16)4-1-13(3-11-4)9-7(15)6(14)5(21-9)2-20-22(17,18)19/h1,3,5-7,9,14-15H,2,10H2,(H,12,16)(H2,17,18,19)/t5-,6-,7-,9?/m1/s1. The number of hydrogen-bond acceptors (Lipinski definition) is 8. The Morgan fingerprint density at radius 3 is 2.77 bits per heavy atom. The van der Waals surface area contributed by atoms with Gasteiger partial charge in [0.1, 0.15) is 24.0 Å². The van der Waals surface area contributed by atoms with E-state index < -0.39 is 44.9 Å². The summed E-state index contributed by atoms with van der Waals surface area (Å²) in [6, 6.07) is 0. The number of nitrogens with two attached hydrogens (primary N) is 1. The normalized spacial score (nSPS) is 28.8. The summed E-state index contributed by atoms with van der Waals surface area (Å²) in [6.45, 7) is -0.621. The van der Waals surface area contributed by atoms with Gasteiger partial charge in [-0.05, 0) is 0 Å². The van der Waals surface area contributed by atoms with E-state index >= 15 is 0 Å². The van der Waals surface area contributed by atoms with E-state index in [4.69, 9.17) is 20.4 Å². The Morgan fingerprint density at radius 1 is 1.50 bits per heavy atom. The lowest BCUT2D eigenvalue weighted by Crippen LogP contribution is -2.33. The first-order valence-electron chi connectivity index (χ1n) is 5.99. The lowest BCUT2D eigenvalue weighted by Gasteiger charge is -2.15. The highest BCUT2D eigenvalue weighted by Gasteiger charge is 2.44.